The van der Waals surface area contributed by atoms with Crippen LogP contribution in [-0.4, -0.2) is 74.6 Å². The number of carbonyl (C=O) groups is 1. The zero-order valence-electron chi connectivity index (χ0n) is 17.5. The lowest BCUT2D eigenvalue weighted by Crippen LogP contribution is -2.56. The Kier molecular flexibility index (Phi) is 4.55. The molecule has 2 atom stereocenters. The molecule has 1 aromatic heterocycles. The van der Waals surface area contributed by atoms with Crippen molar-refractivity contribution in [2.75, 3.05) is 51.0 Å². The number of pyridine rings is 1. The monoisotopic (exact) mass is 456 g/mol. The molecule has 10 heteroatoms. The van der Waals surface area contributed by atoms with Gasteiger partial charge >= 0.3 is 0 Å². The number of nitrogens with zero attached hydrogens (tertiary/aromatic N) is 4. The van der Waals surface area contributed by atoms with Crippen LogP contribution in [0.25, 0.3) is 0 Å². The van der Waals surface area contributed by atoms with Gasteiger partial charge in [0.1, 0.15) is 0 Å². The van der Waals surface area contributed by atoms with E-state index in [1.54, 1.807) is 18.5 Å². The summed E-state index contributed by atoms with van der Waals surface area (Å²) in [5.41, 5.74) is 1.18. The number of rotatable bonds is 4. The van der Waals surface area contributed by atoms with Gasteiger partial charge in [-0.15, -0.1) is 0 Å². The highest BCUT2D eigenvalue weighted by Crippen LogP contribution is 2.37. The zero-order valence-corrected chi connectivity index (χ0v) is 18.3. The summed E-state index contributed by atoms with van der Waals surface area (Å²) >= 11 is 0. The van der Waals surface area contributed by atoms with Gasteiger partial charge in [-0.1, -0.05) is 0 Å². The number of anilines is 1. The van der Waals surface area contributed by atoms with Crippen LogP contribution in [0.1, 0.15) is 0 Å². The van der Waals surface area contributed by atoms with Gasteiger partial charge in [-0.05, 0) is 24.3 Å². The van der Waals surface area contributed by atoms with Crippen molar-refractivity contribution in [1.29, 1.82) is 0 Å². The number of hydrogen-bond acceptors (Lipinski definition) is 7. The Balaban J connectivity index is 1.05. The molecule has 1 amide bonds. The molecule has 3 saturated heterocycles. The van der Waals surface area contributed by atoms with Crippen molar-refractivity contribution in [1.82, 2.24) is 14.2 Å². The Morgan fingerprint density at radius 1 is 0.906 bits per heavy atom. The number of amides is 1. The van der Waals surface area contributed by atoms with Crippen molar-refractivity contribution >= 4 is 21.6 Å². The van der Waals surface area contributed by atoms with Gasteiger partial charge in [0.2, 0.25) is 22.7 Å². The molecule has 9 nitrogen and oxygen atoms in total. The molecular weight excluding hydrogens is 432 g/mol. The third kappa shape index (κ3) is 3.20. The predicted octanol–water partition coefficient (Wildman–Crippen LogP) is 1.03. The second-order valence-electron chi connectivity index (χ2n) is 8.91. The first kappa shape index (κ1) is 19.8. The summed E-state index contributed by atoms with van der Waals surface area (Å²) in [6.45, 7) is 3.92. The lowest BCUT2D eigenvalue weighted by molar-refractivity contribution is -0.138. The van der Waals surface area contributed by atoms with Crippen molar-refractivity contribution < 1.29 is 22.7 Å². The van der Waals surface area contributed by atoms with E-state index in [1.807, 2.05) is 17.0 Å². The van der Waals surface area contributed by atoms with Crippen LogP contribution in [0.3, 0.4) is 0 Å². The van der Waals surface area contributed by atoms with Gasteiger partial charge in [-0.2, -0.15) is 4.31 Å². The molecule has 0 spiro atoms. The quantitative estimate of drug-likeness (QED) is 0.678. The fraction of sp³-hybridized carbons (Fsp3) is 0.455. The maximum atomic E-state index is 13.0. The second-order valence-corrected chi connectivity index (χ2v) is 10.8. The summed E-state index contributed by atoms with van der Waals surface area (Å²) in [6.07, 6.45) is 3.61. The van der Waals surface area contributed by atoms with Gasteiger partial charge in [-0.25, -0.2) is 8.42 Å². The standard InChI is InChI=1S/C22H24N4O5S/c27-22(25-10-15-8-24(9-16(15)11-25)18-3-5-23-6-4-18)17-12-26(13-17)32(28,29)19-1-2-20-21(7-19)31-14-30-20/h1-7,15-17H,8-14H2. The molecule has 32 heavy (non-hydrogen) atoms. The van der Waals surface area contributed by atoms with Gasteiger partial charge in [0.25, 0.3) is 0 Å². The molecule has 4 aliphatic rings. The SMILES string of the molecule is O=C(C1CN(S(=O)(=O)c2ccc3c(c2)OCO3)C1)N1CC2CN(c3ccncc3)CC2C1. The highest BCUT2D eigenvalue weighted by atomic mass is 32.2. The van der Waals surface area contributed by atoms with E-state index in [9.17, 15) is 13.2 Å². The topological polar surface area (TPSA) is 92.3 Å². The van der Waals surface area contributed by atoms with Gasteiger partial charge in [0.15, 0.2) is 11.5 Å². The molecule has 0 radical (unpaired) electrons. The van der Waals surface area contributed by atoms with Crippen LogP contribution in [0.15, 0.2) is 47.6 Å². The van der Waals surface area contributed by atoms with E-state index in [1.165, 1.54) is 22.1 Å². The molecule has 0 saturated carbocycles. The van der Waals surface area contributed by atoms with E-state index in [2.05, 4.69) is 9.88 Å². The fourth-order valence-corrected chi connectivity index (χ4v) is 6.72. The Bertz CT molecular complexity index is 1140. The zero-order chi connectivity index (χ0) is 21.9. The molecule has 1 aromatic carbocycles. The number of carbonyl (C=O) groups excluding carboxylic acids is 1. The Morgan fingerprint density at radius 2 is 1.59 bits per heavy atom. The van der Waals surface area contributed by atoms with Crippen molar-refractivity contribution in [3.8, 4) is 11.5 Å². The Morgan fingerprint density at radius 3 is 2.31 bits per heavy atom. The van der Waals surface area contributed by atoms with Gasteiger partial charge in [0, 0.05) is 75.3 Å². The Labute approximate surface area is 186 Å². The third-order valence-corrected chi connectivity index (χ3v) is 8.83. The second kappa shape index (κ2) is 7.35. The van der Waals surface area contributed by atoms with Crippen LogP contribution in [0, 0.1) is 17.8 Å². The summed E-state index contributed by atoms with van der Waals surface area (Å²) in [7, 11) is -3.65. The van der Waals surface area contributed by atoms with E-state index in [0.717, 1.165) is 26.2 Å². The number of hydrogen-bond donors (Lipinski definition) is 0. The van der Waals surface area contributed by atoms with Crippen LogP contribution < -0.4 is 14.4 Å². The molecule has 3 fully saturated rings. The van der Waals surface area contributed by atoms with E-state index < -0.39 is 10.0 Å². The number of aromatic nitrogens is 1. The van der Waals surface area contributed by atoms with Crippen LogP contribution in [0.2, 0.25) is 0 Å². The Hall–Kier alpha value is -2.85. The normalized spacial score (nSPS) is 25.1. The molecule has 6 rings (SSSR count). The van der Waals surface area contributed by atoms with Crippen molar-refractivity contribution in [3.63, 3.8) is 0 Å². The molecule has 2 unspecified atom stereocenters. The number of likely N-dealkylation sites (tertiary alicyclic amines) is 1. The van der Waals surface area contributed by atoms with E-state index in [4.69, 9.17) is 9.47 Å². The van der Waals surface area contributed by atoms with Crippen LogP contribution in [0.5, 0.6) is 11.5 Å². The minimum absolute atomic E-state index is 0.0759. The predicted molar refractivity (Wildman–Crippen MR) is 115 cm³/mol. The molecule has 0 N–H and O–H groups in total. The van der Waals surface area contributed by atoms with Crippen LogP contribution >= 0.6 is 0 Å². The molecule has 168 valence electrons. The highest BCUT2D eigenvalue weighted by molar-refractivity contribution is 7.89. The lowest BCUT2D eigenvalue weighted by atomic mass is 10.0. The summed E-state index contributed by atoms with van der Waals surface area (Å²) in [6, 6.07) is 8.66. The molecule has 2 aromatic rings. The van der Waals surface area contributed by atoms with E-state index >= 15 is 0 Å². The van der Waals surface area contributed by atoms with E-state index in [0.29, 0.717) is 23.3 Å². The smallest absolute Gasteiger partial charge is 0.243 e. The highest BCUT2D eigenvalue weighted by Gasteiger charge is 2.47. The number of benzene rings is 1. The lowest BCUT2D eigenvalue weighted by Gasteiger charge is -2.39. The summed E-state index contributed by atoms with van der Waals surface area (Å²) in [5, 5.41) is 0. The largest absolute Gasteiger partial charge is 0.454 e. The third-order valence-electron chi connectivity index (χ3n) is 7.00. The van der Waals surface area contributed by atoms with Gasteiger partial charge < -0.3 is 19.3 Å². The minimum Gasteiger partial charge on any atom is -0.454 e. The van der Waals surface area contributed by atoms with Crippen molar-refractivity contribution in [2.45, 2.75) is 4.90 Å². The maximum absolute atomic E-state index is 13.0. The van der Waals surface area contributed by atoms with Gasteiger partial charge in [0.05, 0.1) is 10.8 Å². The summed E-state index contributed by atoms with van der Waals surface area (Å²) in [4.78, 5) is 21.6. The molecule has 5 heterocycles. The van der Waals surface area contributed by atoms with Crippen LogP contribution in [-0.2, 0) is 14.8 Å². The van der Waals surface area contributed by atoms with Crippen molar-refractivity contribution in [3.05, 3.63) is 42.7 Å². The first-order valence-electron chi connectivity index (χ1n) is 10.8. The number of ether oxygens (including phenoxy) is 2. The number of sulfonamides is 1. The maximum Gasteiger partial charge on any atom is 0.243 e. The number of fused-ring (bicyclic) bond motifs is 2. The first-order chi connectivity index (χ1) is 15.5. The minimum atomic E-state index is -3.65. The summed E-state index contributed by atoms with van der Waals surface area (Å²) < 4.78 is 37.8. The average molecular weight is 457 g/mol. The molecule has 0 aliphatic carbocycles. The molecule has 4 aliphatic heterocycles. The molecular formula is C22H24N4O5S. The fourth-order valence-electron chi connectivity index (χ4n) is 5.17. The van der Waals surface area contributed by atoms with Crippen molar-refractivity contribution in [2.24, 2.45) is 17.8 Å². The molecule has 0 bridgehead atoms. The van der Waals surface area contributed by atoms with Gasteiger partial charge in [-0.3, -0.25) is 9.78 Å². The first-order valence-corrected chi connectivity index (χ1v) is 12.3. The average Bonchev–Trinajstić information content (AvgIpc) is 3.47. The van der Waals surface area contributed by atoms with E-state index in [-0.39, 0.29) is 36.6 Å². The van der Waals surface area contributed by atoms with Crippen LogP contribution in [0.4, 0.5) is 5.69 Å². The summed E-state index contributed by atoms with van der Waals surface area (Å²) in [5.74, 6) is 1.70.